The lowest BCUT2D eigenvalue weighted by Crippen LogP contribution is -2.28. The first-order valence-corrected chi connectivity index (χ1v) is 7.95. The van der Waals surface area contributed by atoms with E-state index in [9.17, 15) is 0 Å². The molecule has 1 saturated carbocycles. The van der Waals surface area contributed by atoms with E-state index in [0.29, 0.717) is 11.1 Å². The molecule has 1 fully saturated rings. The maximum absolute atomic E-state index is 5.72. The third-order valence-corrected chi connectivity index (χ3v) is 4.60. The Morgan fingerprint density at radius 3 is 2.68 bits per heavy atom. The van der Waals surface area contributed by atoms with E-state index in [0.717, 1.165) is 22.8 Å². The van der Waals surface area contributed by atoms with E-state index >= 15 is 0 Å². The summed E-state index contributed by atoms with van der Waals surface area (Å²) in [4.78, 5) is 4.37. The molecule has 1 heterocycles. The quantitative estimate of drug-likeness (QED) is 0.841. The highest BCUT2D eigenvalue weighted by atomic mass is 79.9. The second-order valence-corrected chi connectivity index (χ2v) is 7.11. The summed E-state index contributed by atoms with van der Waals surface area (Å²) in [5.74, 6) is 1.66. The molecule has 1 aliphatic rings. The maximum atomic E-state index is 5.72. The number of halogens is 1. The second-order valence-electron chi connectivity index (χ2n) is 6.26. The minimum Gasteiger partial charge on any atom is -0.397 e. The van der Waals surface area contributed by atoms with E-state index in [-0.39, 0.29) is 0 Å². The van der Waals surface area contributed by atoms with Crippen LogP contribution in [0.15, 0.2) is 16.7 Å². The second kappa shape index (κ2) is 6.12. The molecule has 1 aromatic heterocycles. The number of rotatable bonds is 5. The van der Waals surface area contributed by atoms with Crippen molar-refractivity contribution in [1.82, 2.24) is 4.98 Å². The maximum Gasteiger partial charge on any atom is 0.140 e. The predicted octanol–water partition coefficient (Wildman–Crippen LogP) is 4.44. The Bertz CT molecular complexity index is 425. The van der Waals surface area contributed by atoms with Crippen LogP contribution < -0.4 is 11.1 Å². The standard InChI is InChI=1S/C15H24BrN3/c1-11(2)8-15(5-3-4-6-15)10-19-14-13(16)7-12(17)9-18-14/h7,9,11H,3-6,8,10,17H2,1-2H3,(H,18,19). The molecule has 0 unspecified atom stereocenters. The van der Waals surface area contributed by atoms with Gasteiger partial charge in [-0.05, 0) is 52.6 Å². The van der Waals surface area contributed by atoms with Crippen LogP contribution in [0.5, 0.6) is 0 Å². The molecule has 2 rings (SSSR count). The first-order valence-electron chi connectivity index (χ1n) is 7.16. The van der Waals surface area contributed by atoms with Crippen LogP contribution in [0.1, 0.15) is 46.0 Å². The number of pyridine rings is 1. The summed E-state index contributed by atoms with van der Waals surface area (Å²) >= 11 is 3.52. The van der Waals surface area contributed by atoms with Gasteiger partial charge in [-0.25, -0.2) is 4.98 Å². The lowest BCUT2D eigenvalue weighted by atomic mass is 9.78. The predicted molar refractivity (Wildman–Crippen MR) is 85.2 cm³/mol. The largest absolute Gasteiger partial charge is 0.397 e. The van der Waals surface area contributed by atoms with Crippen molar-refractivity contribution in [1.29, 1.82) is 0 Å². The van der Waals surface area contributed by atoms with Crippen LogP contribution >= 0.6 is 15.9 Å². The number of aromatic nitrogens is 1. The molecule has 0 radical (unpaired) electrons. The van der Waals surface area contributed by atoms with Crippen LogP contribution in [0.3, 0.4) is 0 Å². The highest BCUT2D eigenvalue weighted by molar-refractivity contribution is 9.10. The van der Waals surface area contributed by atoms with Crippen molar-refractivity contribution in [2.24, 2.45) is 11.3 Å². The van der Waals surface area contributed by atoms with Gasteiger partial charge in [0, 0.05) is 6.54 Å². The molecule has 1 aromatic rings. The third-order valence-electron chi connectivity index (χ3n) is 4.00. The van der Waals surface area contributed by atoms with Gasteiger partial charge in [0.1, 0.15) is 5.82 Å². The summed E-state index contributed by atoms with van der Waals surface area (Å²) in [6.45, 7) is 5.65. The summed E-state index contributed by atoms with van der Waals surface area (Å²) < 4.78 is 0.949. The number of nitrogens with zero attached hydrogens (tertiary/aromatic N) is 1. The Kier molecular flexibility index (Phi) is 4.71. The van der Waals surface area contributed by atoms with Crippen LogP contribution in [0.2, 0.25) is 0 Å². The van der Waals surface area contributed by atoms with E-state index in [4.69, 9.17) is 5.73 Å². The van der Waals surface area contributed by atoms with E-state index in [1.54, 1.807) is 6.20 Å². The molecular formula is C15H24BrN3. The Balaban J connectivity index is 2.02. The van der Waals surface area contributed by atoms with Crippen molar-refractivity contribution in [3.05, 3.63) is 16.7 Å². The van der Waals surface area contributed by atoms with Gasteiger partial charge in [-0.15, -0.1) is 0 Å². The van der Waals surface area contributed by atoms with E-state index < -0.39 is 0 Å². The fourth-order valence-corrected chi connectivity index (χ4v) is 3.80. The third kappa shape index (κ3) is 3.85. The molecule has 0 aromatic carbocycles. The van der Waals surface area contributed by atoms with Crippen LogP contribution in [0, 0.1) is 11.3 Å². The van der Waals surface area contributed by atoms with Crippen LogP contribution in [0.4, 0.5) is 11.5 Å². The topological polar surface area (TPSA) is 50.9 Å². The number of nitrogen functional groups attached to an aromatic ring is 1. The average Bonchev–Trinajstić information content (AvgIpc) is 2.76. The van der Waals surface area contributed by atoms with Gasteiger partial charge in [-0.1, -0.05) is 26.7 Å². The number of hydrogen-bond acceptors (Lipinski definition) is 3. The zero-order chi connectivity index (χ0) is 13.9. The first-order chi connectivity index (χ1) is 9.01. The fourth-order valence-electron chi connectivity index (χ4n) is 3.30. The lowest BCUT2D eigenvalue weighted by Gasteiger charge is -2.31. The number of hydrogen-bond donors (Lipinski definition) is 2. The molecule has 0 atom stereocenters. The molecule has 4 heteroatoms. The lowest BCUT2D eigenvalue weighted by molar-refractivity contribution is 0.252. The molecular weight excluding hydrogens is 302 g/mol. The molecule has 19 heavy (non-hydrogen) atoms. The molecule has 106 valence electrons. The van der Waals surface area contributed by atoms with Crippen LogP contribution in [-0.2, 0) is 0 Å². The van der Waals surface area contributed by atoms with E-state index in [1.165, 1.54) is 32.1 Å². The van der Waals surface area contributed by atoms with Crippen molar-refractivity contribution in [3.63, 3.8) is 0 Å². The summed E-state index contributed by atoms with van der Waals surface area (Å²) in [5, 5.41) is 3.51. The molecule has 0 saturated heterocycles. The smallest absolute Gasteiger partial charge is 0.140 e. The van der Waals surface area contributed by atoms with Gasteiger partial charge in [0.2, 0.25) is 0 Å². The van der Waals surface area contributed by atoms with Gasteiger partial charge in [-0.3, -0.25) is 0 Å². The van der Waals surface area contributed by atoms with Crippen LogP contribution in [-0.4, -0.2) is 11.5 Å². The molecule has 3 N–H and O–H groups in total. The zero-order valence-corrected chi connectivity index (χ0v) is 13.5. The summed E-state index contributed by atoms with van der Waals surface area (Å²) in [6, 6.07) is 1.90. The Labute approximate surface area is 124 Å². The van der Waals surface area contributed by atoms with Crippen molar-refractivity contribution >= 4 is 27.4 Å². The minimum absolute atomic E-state index is 0.455. The molecule has 0 amide bonds. The van der Waals surface area contributed by atoms with E-state index in [2.05, 4.69) is 40.1 Å². The zero-order valence-electron chi connectivity index (χ0n) is 11.9. The molecule has 0 aliphatic heterocycles. The average molecular weight is 326 g/mol. The Hall–Kier alpha value is -0.770. The molecule has 0 bridgehead atoms. The molecule has 1 aliphatic carbocycles. The fraction of sp³-hybridized carbons (Fsp3) is 0.667. The van der Waals surface area contributed by atoms with Crippen molar-refractivity contribution < 1.29 is 0 Å². The molecule has 0 spiro atoms. The van der Waals surface area contributed by atoms with Gasteiger partial charge < -0.3 is 11.1 Å². The van der Waals surface area contributed by atoms with Crippen LogP contribution in [0.25, 0.3) is 0 Å². The number of anilines is 2. The summed E-state index contributed by atoms with van der Waals surface area (Å²) in [5.41, 5.74) is 6.86. The minimum atomic E-state index is 0.455. The summed E-state index contributed by atoms with van der Waals surface area (Å²) in [6.07, 6.45) is 8.41. The monoisotopic (exact) mass is 325 g/mol. The Morgan fingerprint density at radius 1 is 1.42 bits per heavy atom. The number of nitrogens with two attached hydrogens (primary N) is 1. The van der Waals surface area contributed by atoms with Gasteiger partial charge in [0.05, 0.1) is 16.4 Å². The van der Waals surface area contributed by atoms with E-state index in [1.807, 2.05) is 6.07 Å². The molecule has 3 nitrogen and oxygen atoms in total. The highest BCUT2D eigenvalue weighted by Crippen LogP contribution is 2.43. The first kappa shape index (κ1) is 14.6. The van der Waals surface area contributed by atoms with Crippen molar-refractivity contribution in [3.8, 4) is 0 Å². The van der Waals surface area contributed by atoms with Gasteiger partial charge in [0.15, 0.2) is 0 Å². The van der Waals surface area contributed by atoms with Crippen molar-refractivity contribution in [2.75, 3.05) is 17.6 Å². The van der Waals surface area contributed by atoms with Gasteiger partial charge in [0.25, 0.3) is 0 Å². The Morgan fingerprint density at radius 2 is 2.11 bits per heavy atom. The normalized spacial score (nSPS) is 17.9. The SMILES string of the molecule is CC(C)CC1(CNc2ncc(N)cc2Br)CCCC1. The van der Waals surface area contributed by atoms with Crippen molar-refractivity contribution in [2.45, 2.75) is 46.0 Å². The number of nitrogens with one attached hydrogen (secondary N) is 1. The highest BCUT2D eigenvalue weighted by Gasteiger charge is 2.34. The van der Waals surface area contributed by atoms with Gasteiger partial charge in [-0.2, -0.15) is 0 Å². The summed E-state index contributed by atoms with van der Waals surface area (Å²) in [7, 11) is 0. The van der Waals surface area contributed by atoms with Gasteiger partial charge >= 0.3 is 0 Å².